The number of thiocarbonyl (C=S) groups is 1. The summed E-state index contributed by atoms with van der Waals surface area (Å²) in [6.07, 6.45) is 3.35. The van der Waals surface area contributed by atoms with Crippen molar-refractivity contribution in [2.45, 2.75) is 6.92 Å². The SMILES string of the molecule is C=CCN1C(=O)/C(=C/c2ccc(OCC(=O)Nc3ccc(C)cc3)c(Cl)c2)SC1=S. The van der Waals surface area contributed by atoms with Crippen LogP contribution in [0.25, 0.3) is 6.08 Å². The zero-order valence-electron chi connectivity index (χ0n) is 16.2. The number of thioether (sulfide) groups is 1. The van der Waals surface area contributed by atoms with Crippen molar-refractivity contribution in [2.75, 3.05) is 18.5 Å². The molecule has 2 amide bonds. The van der Waals surface area contributed by atoms with Crippen molar-refractivity contribution in [3.63, 3.8) is 0 Å². The fraction of sp³-hybridized carbons (Fsp3) is 0.136. The molecule has 3 rings (SSSR count). The van der Waals surface area contributed by atoms with Crippen LogP contribution in [0.2, 0.25) is 5.02 Å². The summed E-state index contributed by atoms with van der Waals surface area (Å²) in [5.41, 5.74) is 2.54. The molecule has 0 aromatic heterocycles. The first kappa shape index (κ1) is 22.1. The molecule has 1 fully saturated rings. The van der Waals surface area contributed by atoms with E-state index >= 15 is 0 Å². The number of carbonyl (C=O) groups is 2. The van der Waals surface area contributed by atoms with Gasteiger partial charge >= 0.3 is 0 Å². The highest BCUT2D eigenvalue weighted by Gasteiger charge is 2.30. The highest BCUT2D eigenvalue weighted by molar-refractivity contribution is 8.26. The van der Waals surface area contributed by atoms with Crippen molar-refractivity contribution in [2.24, 2.45) is 0 Å². The van der Waals surface area contributed by atoms with Crippen LogP contribution < -0.4 is 10.1 Å². The van der Waals surface area contributed by atoms with E-state index < -0.39 is 0 Å². The molecule has 1 saturated heterocycles. The monoisotopic (exact) mass is 458 g/mol. The fourth-order valence-corrected chi connectivity index (χ4v) is 4.16. The Hall–Kier alpha value is -2.61. The van der Waals surface area contributed by atoms with Gasteiger partial charge in [-0.25, -0.2) is 0 Å². The largest absolute Gasteiger partial charge is 0.482 e. The summed E-state index contributed by atoms with van der Waals surface area (Å²) in [5.74, 6) is -0.0638. The Morgan fingerprint density at radius 2 is 2.03 bits per heavy atom. The average Bonchev–Trinajstić information content (AvgIpc) is 2.97. The zero-order valence-corrected chi connectivity index (χ0v) is 18.6. The molecule has 1 aliphatic heterocycles. The van der Waals surface area contributed by atoms with Gasteiger partial charge in [-0.3, -0.25) is 14.5 Å². The van der Waals surface area contributed by atoms with Crippen LogP contribution in [0.15, 0.2) is 60.0 Å². The highest BCUT2D eigenvalue weighted by atomic mass is 35.5. The van der Waals surface area contributed by atoms with E-state index in [4.69, 9.17) is 28.6 Å². The first-order chi connectivity index (χ1) is 14.4. The van der Waals surface area contributed by atoms with Gasteiger partial charge in [-0.1, -0.05) is 65.4 Å². The van der Waals surface area contributed by atoms with E-state index in [1.54, 1.807) is 30.4 Å². The molecule has 0 radical (unpaired) electrons. The van der Waals surface area contributed by atoms with Crippen molar-refractivity contribution >= 4 is 63.5 Å². The van der Waals surface area contributed by atoms with E-state index in [1.165, 1.54) is 16.7 Å². The maximum atomic E-state index is 12.4. The quantitative estimate of drug-likeness (QED) is 0.357. The summed E-state index contributed by atoms with van der Waals surface area (Å²) in [5, 5.41) is 3.10. The van der Waals surface area contributed by atoms with E-state index in [1.807, 2.05) is 31.2 Å². The number of ether oxygens (including phenoxy) is 1. The number of halogens is 1. The summed E-state index contributed by atoms with van der Waals surface area (Å²) in [6.45, 7) is 5.81. The Balaban J connectivity index is 1.62. The lowest BCUT2D eigenvalue weighted by Crippen LogP contribution is -2.27. The topological polar surface area (TPSA) is 58.6 Å². The van der Waals surface area contributed by atoms with Gasteiger partial charge in [0.1, 0.15) is 10.1 Å². The molecule has 1 heterocycles. The first-order valence-corrected chi connectivity index (χ1v) is 10.6. The smallest absolute Gasteiger partial charge is 0.266 e. The Morgan fingerprint density at radius 3 is 2.70 bits per heavy atom. The summed E-state index contributed by atoms with van der Waals surface area (Å²) < 4.78 is 6.03. The molecule has 0 spiro atoms. The minimum Gasteiger partial charge on any atom is -0.482 e. The molecule has 2 aromatic carbocycles. The van der Waals surface area contributed by atoms with Gasteiger partial charge in [0.25, 0.3) is 11.8 Å². The average molecular weight is 459 g/mol. The number of nitrogens with one attached hydrogen (secondary N) is 1. The van der Waals surface area contributed by atoms with Crippen molar-refractivity contribution < 1.29 is 14.3 Å². The van der Waals surface area contributed by atoms with Crippen LogP contribution in [0.1, 0.15) is 11.1 Å². The first-order valence-electron chi connectivity index (χ1n) is 9.02. The third-order valence-corrected chi connectivity index (χ3v) is 5.81. The van der Waals surface area contributed by atoms with Gasteiger partial charge in [-0.15, -0.1) is 6.58 Å². The summed E-state index contributed by atoms with van der Waals surface area (Å²) in [7, 11) is 0. The molecule has 1 aliphatic rings. The number of nitrogens with zero attached hydrogens (tertiary/aromatic N) is 1. The van der Waals surface area contributed by atoms with Crippen LogP contribution in [0.5, 0.6) is 5.75 Å². The number of benzene rings is 2. The van der Waals surface area contributed by atoms with Crippen LogP contribution in [0.3, 0.4) is 0 Å². The number of hydrogen-bond donors (Lipinski definition) is 1. The second-order valence-electron chi connectivity index (χ2n) is 6.47. The molecule has 5 nitrogen and oxygen atoms in total. The molecule has 0 saturated carbocycles. The Kier molecular flexibility index (Phi) is 7.31. The fourth-order valence-electron chi connectivity index (χ4n) is 2.64. The second kappa shape index (κ2) is 9.93. The number of rotatable bonds is 7. The molecular weight excluding hydrogens is 440 g/mol. The third kappa shape index (κ3) is 5.50. The minimum atomic E-state index is -0.287. The van der Waals surface area contributed by atoms with Gasteiger partial charge in [-0.2, -0.15) is 0 Å². The Morgan fingerprint density at radius 1 is 1.30 bits per heavy atom. The summed E-state index contributed by atoms with van der Waals surface area (Å²) in [6, 6.07) is 12.6. The number of amides is 2. The van der Waals surface area contributed by atoms with Crippen molar-refractivity contribution in [1.82, 2.24) is 4.90 Å². The van der Waals surface area contributed by atoms with Crippen LogP contribution in [0, 0.1) is 6.92 Å². The van der Waals surface area contributed by atoms with Crippen LogP contribution >= 0.6 is 35.6 Å². The van der Waals surface area contributed by atoms with E-state index in [2.05, 4.69) is 11.9 Å². The Labute approximate surface area is 189 Å². The molecule has 30 heavy (non-hydrogen) atoms. The van der Waals surface area contributed by atoms with E-state index in [0.29, 0.717) is 32.2 Å². The normalized spacial score (nSPS) is 14.9. The molecule has 0 bridgehead atoms. The summed E-state index contributed by atoms with van der Waals surface area (Å²) >= 11 is 12.8. The third-order valence-electron chi connectivity index (χ3n) is 4.13. The molecular formula is C22H19ClN2O3S2. The molecule has 154 valence electrons. The van der Waals surface area contributed by atoms with E-state index in [-0.39, 0.29) is 18.4 Å². The van der Waals surface area contributed by atoms with Gasteiger partial charge in [-0.05, 0) is 42.8 Å². The van der Waals surface area contributed by atoms with Gasteiger partial charge in [0.15, 0.2) is 6.61 Å². The summed E-state index contributed by atoms with van der Waals surface area (Å²) in [4.78, 5) is 26.5. The highest BCUT2D eigenvalue weighted by Crippen LogP contribution is 2.34. The minimum absolute atomic E-state index is 0.158. The van der Waals surface area contributed by atoms with Crippen LogP contribution in [0.4, 0.5) is 5.69 Å². The lowest BCUT2D eigenvalue weighted by Gasteiger charge is -2.10. The molecule has 0 atom stereocenters. The predicted molar refractivity (Wildman–Crippen MR) is 127 cm³/mol. The number of carbonyl (C=O) groups excluding carboxylic acids is 2. The number of anilines is 1. The van der Waals surface area contributed by atoms with Crippen molar-refractivity contribution in [3.05, 3.63) is 76.2 Å². The molecule has 0 aliphatic carbocycles. The zero-order chi connectivity index (χ0) is 21.7. The lowest BCUT2D eigenvalue weighted by atomic mass is 10.2. The molecule has 1 N–H and O–H groups in total. The Bertz CT molecular complexity index is 1040. The van der Waals surface area contributed by atoms with E-state index in [9.17, 15) is 9.59 Å². The number of aryl methyl sites for hydroxylation is 1. The van der Waals surface area contributed by atoms with Gasteiger partial charge in [0, 0.05) is 12.2 Å². The van der Waals surface area contributed by atoms with Crippen molar-refractivity contribution in [3.8, 4) is 5.75 Å². The van der Waals surface area contributed by atoms with Crippen molar-refractivity contribution in [1.29, 1.82) is 0 Å². The molecule has 2 aromatic rings. The predicted octanol–water partition coefficient (Wildman–Crippen LogP) is 5.05. The lowest BCUT2D eigenvalue weighted by molar-refractivity contribution is -0.121. The molecule has 0 unspecified atom stereocenters. The van der Waals surface area contributed by atoms with Gasteiger partial charge in [0.2, 0.25) is 0 Å². The van der Waals surface area contributed by atoms with Crippen LogP contribution in [-0.2, 0) is 9.59 Å². The maximum Gasteiger partial charge on any atom is 0.266 e. The maximum absolute atomic E-state index is 12.4. The standard InChI is InChI=1S/C22H19ClN2O3S2/c1-3-10-25-21(27)19(30-22(25)29)12-15-6-9-18(17(23)11-15)28-13-20(26)24-16-7-4-14(2)5-8-16/h3-9,11-12H,1,10,13H2,2H3,(H,24,26)/b19-12-. The van der Waals surface area contributed by atoms with Crippen LogP contribution in [-0.4, -0.2) is 34.2 Å². The second-order valence-corrected chi connectivity index (χ2v) is 8.56. The van der Waals surface area contributed by atoms with Gasteiger partial charge in [0.05, 0.1) is 9.93 Å². The molecule has 8 heteroatoms. The van der Waals surface area contributed by atoms with E-state index in [0.717, 1.165) is 11.1 Å². The van der Waals surface area contributed by atoms with Gasteiger partial charge < -0.3 is 10.1 Å². The number of hydrogen-bond acceptors (Lipinski definition) is 5.